The first-order chi connectivity index (χ1) is 18.1. The van der Waals surface area contributed by atoms with Gasteiger partial charge in [-0.2, -0.15) is 9.97 Å². The highest BCUT2D eigenvalue weighted by molar-refractivity contribution is 6.48. The molecule has 205 valence electrons. The van der Waals surface area contributed by atoms with Crippen LogP contribution in [0.15, 0.2) is 24.3 Å². The van der Waals surface area contributed by atoms with Gasteiger partial charge in [-0.25, -0.2) is 4.98 Å². The number of nitrogens with zero attached hydrogens (tertiary/aromatic N) is 6. The summed E-state index contributed by atoms with van der Waals surface area (Å²) in [5, 5.41) is 0. The molecule has 0 amide bonds. The molecule has 9 nitrogen and oxygen atoms in total. The number of morpholine rings is 2. The summed E-state index contributed by atoms with van der Waals surface area (Å²) < 4.78 is 19.8. The van der Waals surface area contributed by atoms with Crippen molar-refractivity contribution in [2.24, 2.45) is 0 Å². The molecular formula is C28H41N6O3Si. The van der Waals surface area contributed by atoms with E-state index in [1.54, 1.807) is 0 Å². The van der Waals surface area contributed by atoms with Gasteiger partial charge >= 0.3 is 0 Å². The van der Waals surface area contributed by atoms with Crippen molar-refractivity contribution in [3.8, 4) is 5.95 Å². The van der Waals surface area contributed by atoms with Gasteiger partial charge in [0.1, 0.15) is 17.5 Å². The molecule has 4 heterocycles. The molecule has 3 aromatic rings. The molecule has 38 heavy (non-hydrogen) atoms. The van der Waals surface area contributed by atoms with Crippen LogP contribution in [0, 0.1) is 0 Å². The van der Waals surface area contributed by atoms with E-state index in [9.17, 15) is 0 Å². The van der Waals surface area contributed by atoms with Gasteiger partial charge in [-0.1, -0.05) is 32.9 Å². The number of hydrogen-bond donors (Lipinski definition) is 0. The van der Waals surface area contributed by atoms with Gasteiger partial charge < -0.3 is 23.7 Å². The Bertz CT molecular complexity index is 1270. The van der Waals surface area contributed by atoms with E-state index >= 15 is 0 Å². The van der Waals surface area contributed by atoms with Crippen molar-refractivity contribution in [2.75, 3.05) is 49.3 Å². The fourth-order valence-corrected chi connectivity index (χ4v) is 5.51. The summed E-state index contributed by atoms with van der Waals surface area (Å²) in [7, 11) is -0.819. The Kier molecular flexibility index (Phi) is 7.77. The minimum Gasteiger partial charge on any atom is -0.413 e. The second-order valence-electron chi connectivity index (χ2n) is 11.5. The van der Waals surface area contributed by atoms with Crippen LogP contribution in [-0.4, -0.2) is 80.2 Å². The number of imidazole rings is 1. The van der Waals surface area contributed by atoms with Crippen LogP contribution in [0.2, 0.25) is 13.1 Å². The maximum atomic E-state index is 6.08. The molecule has 10 heteroatoms. The van der Waals surface area contributed by atoms with E-state index in [1.807, 2.05) is 0 Å². The molecule has 0 saturated carbocycles. The summed E-state index contributed by atoms with van der Waals surface area (Å²) in [4.78, 5) is 20.2. The van der Waals surface area contributed by atoms with E-state index in [1.165, 1.54) is 0 Å². The maximum absolute atomic E-state index is 6.08. The molecule has 2 aliphatic rings. The van der Waals surface area contributed by atoms with E-state index in [-0.39, 0.29) is 17.6 Å². The average Bonchev–Trinajstić information content (AvgIpc) is 3.30. The van der Waals surface area contributed by atoms with Gasteiger partial charge in [0.2, 0.25) is 15.0 Å². The normalized spacial score (nSPS) is 21.1. The van der Waals surface area contributed by atoms with Crippen molar-refractivity contribution in [3.63, 3.8) is 0 Å². The predicted molar refractivity (Wildman–Crippen MR) is 153 cm³/mol. The van der Waals surface area contributed by atoms with Crippen LogP contribution in [0.3, 0.4) is 0 Å². The standard InChI is InChI=1S/C28H41N6O3Si/c1-19-20(2)36-16-13-33(19)24-17-23(32-11-14-35-15-12-32)29-27(30-24)34-22-10-8-9-21(18-37-38(6)7)25(22)31-26(34)28(3,4)5/h8-10,17,19-20H,11-16,18H2,1-7H3/t19-,20+/m1/s1. The fraction of sp³-hybridized carbons (Fsp3) is 0.607. The van der Waals surface area contributed by atoms with E-state index in [0.717, 1.165) is 53.7 Å². The number of anilines is 2. The second kappa shape index (κ2) is 10.9. The van der Waals surface area contributed by atoms with Crippen LogP contribution in [0.1, 0.15) is 46.0 Å². The highest BCUT2D eigenvalue weighted by Crippen LogP contribution is 2.33. The van der Waals surface area contributed by atoms with Crippen molar-refractivity contribution in [3.05, 3.63) is 35.7 Å². The minimum absolute atomic E-state index is 0.124. The molecule has 2 aliphatic heterocycles. The summed E-state index contributed by atoms with van der Waals surface area (Å²) in [6, 6.07) is 8.65. The molecule has 2 atom stereocenters. The summed E-state index contributed by atoms with van der Waals surface area (Å²) >= 11 is 0. The second-order valence-corrected chi connectivity index (χ2v) is 13.6. The van der Waals surface area contributed by atoms with E-state index in [4.69, 9.17) is 28.9 Å². The predicted octanol–water partition coefficient (Wildman–Crippen LogP) is 4.33. The van der Waals surface area contributed by atoms with Gasteiger partial charge in [-0.15, -0.1) is 0 Å². The van der Waals surface area contributed by atoms with E-state index in [0.29, 0.717) is 32.4 Å². The number of ether oxygens (including phenoxy) is 2. The summed E-state index contributed by atoms with van der Waals surface area (Å²) in [6.45, 7) is 20.3. The number of fused-ring (bicyclic) bond motifs is 1. The molecule has 0 unspecified atom stereocenters. The number of hydrogen-bond acceptors (Lipinski definition) is 8. The zero-order valence-electron chi connectivity index (χ0n) is 23.8. The smallest absolute Gasteiger partial charge is 0.239 e. The quantitative estimate of drug-likeness (QED) is 0.430. The van der Waals surface area contributed by atoms with Crippen LogP contribution in [-0.2, 0) is 25.9 Å². The molecule has 0 aliphatic carbocycles. The molecular weight excluding hydrogens is 496 g/mol. The zero-order valence-corrected chi connectivity index (χ0v) is 24.8. The van der Waals surface area contributed by atoms with Crippen molar-refractivity contribution < 1.29 is 13.9 Å². The van der Waals surface area contributed by atoms with Crippen molar-refractivity contribution >= 4 is 31.7 Å². The minimum atomic E-state index is -0.819. The van der Waals surface area contributed by atoms with Gasteiger partial charge in [0.05, 0.1) is 49.6 Å². The first kappa shape index (κ1) is 27.0. The van der Waals surface area contributed by atoms with Crippen molar-refractivity contribution in [1.82, 2.24) is 19.5 Å². The number of benzene rings is 1. The zero-order chi connectivity index (χ0) is 27.0. The Hall–Kier alpha value is -2.53. The lowest BCUT2D eigenvalue weighted by Crippen LogP contribution is -2.49. The summed E-state index contributed by atoms with van der Waals surface area (Å²) in [5.41, 5.74) is 2.83. The molecule has 0 bridgehead atoms. The SMILES string of the molecule is C[C@@H]1OCCN(c2cc(N3CCOCC3)nc(-n3c(C(C)(C)C)nc4c(CO[Si](C)C)cccc43)n2)[C@@H]1C. The molecule has 1 radical (unpaired) electrons. The molecule has 2 aromatic heterocycles. The topological polar surface area (TPSA) is 77.8 Å². The third-order valence-electron chi connectivity index (χ3n) is 7.36. The summed E-state index contributed by atoms with van der Waals surface area (Å²) in [5.74, 6) is 3.43. The molecule has 0 spiro atoms. The Balaban J connectivity index is 1.70. The van der Waals surface area contributed by atoms with Crippen LogP contribution >= 0.6 is 0 Å². The highest BCUT2D eigenvalue weighted by atomic mass is 28.3. The van der Waals surface area contributed by atoms with Crippen LogP contribution in [0.25, 0.3) is 17.0 Å². The number of aromatic nitrogens is 4. The van der Waals surface area contributed by atoms with E-state index in [2.05, 4.69) is 86.3 Å². The van der Waals surface area contributed by atoms with Gasteiger partial charge in [0, 0.05) is 36.7 Å². The van der Waals surface area contributed by atoms with Gasteiger partial charge in [-0.3, -0.25) is 4.57 Å². The molecule has 0 N–H and O–H groups in total. The molecule has 1 aromatic carbocycles. The monoisotopic (exact) mass is 537 g/mol. The fourth-order valence-electron chi connectivity index (χ4n) is 5.07. The third kappa shape index (κ3) is 5.45. The van der Waals surface area contributed by atoms with Gasteiger partial charge in [-0.05, 0) is 33.0 Å². The molecule has 5 rings (SSSR count). The Morgan fingerprint density at radius 1 is 1.00 bits per heavy atom. The van der Waals surface area contributed by atoms with Gasteiger partial charge in [0.15, 0.2) is 0 Å². The first-order valence-electron chi connectivity index (χ1n) is 13.7. The molecule has 2 fully saturated rings. The van der Waals surface area contributed by atoms with Gasteiger partial charge in [0.25, 0.3) is 0 Å². The van der Waals surface area contributed by atoms with Crippen molar-refractivity contribution in [2.45, 2.75) is 71.9 Å². The number of rotatable bonds is 6. The van der Waals surface area contributed by atoms with Crippen molar-refractivity contribution in [1.29, 1.82) is 0 Å². The Morgan fingerprint density at radius 3 is 2.45 bits per heavy atom. The number of para-hydroxylation sites is 1. The Morgan fingerprint density at radius 2 is 1.74 bits per heavy atom. The van der Waals surface area contributed by atoms with Crippen LogP contribution < -0.4 is 9.80 Å². The van der Waals surface area contributed by atoms with E-state index < -0.39 is 9.04 Å². The lowest BCUT2D eigenvalue weighted by Gasteiger charge is -2.39. The first-order valence-corrected chi connectivity index (χ1v) is 16.1. The maximum Gasteiger partial charge on any atom is 0.239 e. The lowest BCUT2D eigenvalue weighted by molar-refractivity contribution is 0.0281. The largest absolute Gasteiger partial charge is 0.413 e. The van der Waals surface area contributed by atoms with Crippen LogP contribution in [0.4, 0.5) is 11.6 Å². The third-order valence-corrected chi connectivity index (χ3v) is 8.08. The lowest BCUT2D eigenvalue weighted by atomic mass is 9.96. The molecule has 2 saturated heterocycles. The Labute approximate surface area is 227 Å². The highest BCUT2D eigenvalue weighted by Gasteiger charge is 2.30. The average molecular weight is 538 g/mol. The van der Waals surface area contributed by atoms with Crippen LogP contribution in [0.5, 0.6) is 0 Å². The summed E-state index contributed by atoms with van der Waals surface area (Å²) in [6.07, 6.45) is 0.124.